The van der Waals surface area contributed by atoms with Gasteiger partial charge in [-0.25, -0.2) is 13.8 Å². The standard InChI is InChI=1S/C37H62F2N4O4/c1-5-9-17-43(41-36(46)28-13-11-10-12-14-28)25-34(44)33(22-27-20-31(38)24-32(39)21-27)40-35(45)29-18-26(8-4)19-30(23-29)37(47)42(15-6-2)16-7-3/h4,26-34,44H,5-7,9-25H2,1-3H3,(H,40,45)(H,41,46). The van der Waals surface area contributed by atoms with Crippen molar-refractivity contribution in [3.8, 4) is 12.3 Å². The Morgan fingerprint density at radius 3 is 2.06 bits per heavy atom. The molecule has 8 nitrogen and oxygen atoms in total. The first-order chi connectivity index (χ1) is 22.6. The highest BCUT2D eigenvalue weighted by molar-refractivity contribution is 5.83. The highest BCUT2D eigenvalue weighted by atomic mass is 19.1. The third-order valence-electron chi connectivity index (χ3n) is 10.5. The fourth-order valence-corrected chi connectivity index (χ4v) is 7.96. The van der Waals surface area contributed by atoms with E-state index in [1.54, 1.807) is 5.01 Å². The van der Waals surface area contributed by atoms with E-state index >= 15 is 0 Å². The number of nitrogens with zero attached hydrogens (tertiary/aromatic N) is 2. The molecule has 47 heavy (non-hydrogen) atoms. The SMILES string of the molecule is C#CC1CC(C(=O)NC(CC2CC(F)CC(F)C2)C(O)CN(CCCC)NC(=O)C2CCCCC2)CC(C(=O)N(CCC)CCC)C1. The number of alkyl halides is 2. The van der Waals surface area contributed by atoms with E-state index in [0.29, 0.717) is 38.9 Å². The minimum absolute atomic E-state index is 0.0356. The molecular weight excluding hydrogens is 602 g/mol. The number of aliphatic hydroxyl groups excluding tert-OH is 1. The van der Waals surface area contributed by atoms with Crippen LogP contribution >= 0.6 is 0 Å². The normalized spacial score (nSPS) is 28.2. The third kappa shape index (κ3) is 12.6. The van der Waals surface area contributed by atoms with Gasteiger partial charge >= 0.3 is 0 Å². The lowest BCUT2D eigenvalue weighted by Gasteiger charge is -2.37. The number of halogens is 2. The van der Waals surface area contributed by atoms with Gasteiger partial charge in [-0.15, -0.1) is 12.3 Å². The second-order valence-corrected chi connectivity index (χ2v) is 14.6. The van der Waals surface area contributed by atoms with Crippen LogP contribution in [0.25, 0.3) is 0 Å². The molecule has 268 valence electrons. The van der Waals surface area contributed by atoms with Crippen LogP contribution < -0.4 is 10.7 Å². The van der Waals surface area contributed by atoms with Crippen molar-refractivity contribution in [2.24, 2.45) is 29.6 Å². The zero-order valence-electron chi connectivity index (χ0n) is 29.2. The van der Waals surface area contributed by atoms with Gasteiger partial charge in [0.2, 0.25) is 17.7 Å². The molecule has 3 fully saturated rings. The van der Waals surface area contributed by atoms with Crippen molar-refractivity contribution in [3.05, 3.63) is 0 Å². The molecule has 3 saturated carbocycles. The first kappa shape index (κ1) is 39.2. The molecule has 10 heteroatoms. The molecule has 0 bridgehead atoms. The monoisotopic (exact) mass is 664 g/mol. The van der Waals surface area contributed by atoms with Crippen molar-refractivity contribution < 1.29 is 28.3 Å². The van der Waals surface area contributed by atoms with E-state index in [-0.39, 0.29) is 73.6 Å². The summed E-state index contributed by atoms with van der Waals surface area (Å²) in [6.07, 6.45) is 12.4. The topological polar surface area (TPSA) is 102 Å². The Bertz CT molecular complexity index is 1000. The molecule has 0 saturated heterocycles. The van der Waals surface area contributed by atoms with Crippen LogP contribution in [0.4, 0.5) is 8.78 Å². The average molecular weight is 665 g/mol. The molecule has 7 atom stereocenters. The lowest BCUT2D eigenvalue weighted by Crippen LogP contribution is -2.55. The quantitative estimate of drug-likeness (QED) is 0.136. The maximum atomic E-state index is 14.4. The second-order valence-electron chi connectivity index (χ2n) is 14.6. The van der Waals surface area contributed by atoms with Crippen LogP contribution in [0.3, 0.4) is 0 Å². The summed E-state index contributed by atoms with van der Waals surface area (Å²) in [5.74, 6) is 0.992. The maximum absolute atomic E-state index is 14.4. The van der Waals surface area contributed by atoms with Gasteiger partial charge in [0.15, 0.2) is 0 Å². The van der Waals surface area contributed by atoms with Crippen LogP contribution in [0.1, 0.15) is 124 Å². The van der Waals surface area contributed by atoms with Crippen molar-refractivity contribution in [2.75, 3.05) is 26.2 Å². The molecule has 0 spiro atoms. The molecule has 0 aromatic rings. The zero-order valence-corrected chi connectivity index (χ0v) is 29.2. The van der Waals surface area contributed by atoms with Crippen molar-refractivity contribution in [2.45, 2.75) is 148 Å². The summed E-state index contributed by atoms with van der Waals surface area (Å²) in [6, 6.07) is -0.780. The summed E-state index contributed by atoms with van der Waals surface area (Å²) in [5.41, 5.74) is 3.04. The molecule has 0 aliphatic heterocycles. The molecule has 3 rings (SSSR count). The fourth-order valence-electron chi connectivity index (χ4n) is 7.96. The largest absolute Gasteiger partial charge is 0.390 e. The van der Waals surface area contributed by atoms with E-state index in [0.717, 1.165) is 57.8 Å². The van der Waals surface area contributed by atoms with E-state index in [9.17, 15) is 28.3 Å². The van der Waals surface area contributed by atoms with Gasteiger partial charge in [0.05, 0.1) is 12.1 Å². The molecule has 0 radical (unpaired) electrons. The Kier molecular flexibility index (Phi) is 16.9. The summed E-state index contributed by atoms with van der Waals surface area (Å²) in [7, 11) is 0. The van der Waals surface area contributed by atoms with Gasteiger partial charge in [-0.3, -0.25) is 19.8 Å². The predicted molar refractivity (Wildman–Crippen MR) is 181 cm³/mol. The number of rotatable bonds is 17. The fraction of sp³-hybridized carbons (Fsp3) is 0.865. The Balaban J connectivity index is 1.77. The van der Waals surface area contributed by atoms with Crippen LogP contribution in [0, 0.1) is 41.9 Å². The highest BCUT2D eigenvalue weighted by Crippen LogP contribution is 2.36. The molecular formula is C37H62F2N4O4. The molecule has 0 aromatic heterocycles. The molecule has 3 amide bonds. The van der Waals surface area contributed by atoms with Crippen LogP contribution in [-0.2, 0) is 14.4 Å². The molecule has 0 heterocycles. The van der Waals surface area contributed by atoms with Gasteiger partial charge in [0, 0.05) is 56.3 Å². The van der Waals surface area contributed by atoms with E-state index in [4.69, 9.17) is 6.42 Å². The van der Waals surface area contributed by atoms with Crippen LogP contribution in [0.15, 0.2) is 0 Å². The van der Waals surface area contributed by atoms with E-state index in [2.05, 4.69) is 23.6 Å². The second kappa shape index (κ2) is 20.3. The van der Waals surface area contributed by atoms with E-state index < -0.39 is 30.4 Å². The molecule has 7 unspecified atom stereocenters. The van der Waals surface area contributed by atoms with Gasteiger partial charge in [-0.05, 0) is 76.5 Å². The highest BCUT2D eigenvalue weighted by Gasteiger charge is 2.39. The van der Waals surface area contributed by atoms with Crippen LogP contribution in [-0.4, -0.2) is 83.4 Å². The number of terminal acetylenes is 1. The van der Waals surface area contributed by atoms with Gasteiger partial charge in [0.1, 0.15) is 12.3 Å². The Hall–Kier alpha value is -2.25. The minimum Gasteiger partial charge on any atom is -0.390 e. The van der Waals surface area contributed by atoms with E-state index in [1.807, 2.05) is 18.7 Å². The summed E-state index contributed by atoms with van der Waals surface area (Å²) in [4.78, 5) is 42.5. The average Bonchev–Trinajstić information content (AvgIpc) is 3.06. The molecule has 3 N–H and O–H groups in total. The number of hydrazine groups is 1. The molecule has 0 aromatic carbocycles. The number of amides is 3. The Labute approximate surface area is 282 Å². The number of carbonyl (C=O) groups is 3. The third-order valence-corrected chi connectivity index (χ3v) is 10.5. The number of aliphatic hydroxyl groups is 1. The number of hydrogen-bond donors (Lipinski definition) is 3. The summed E-state index contributed by atoms with van der Waals surface area (Å²) in [6.45, 7) is 8.07. The van der Waals surface area contributed by atoms with Crippen LogP contribution in [0.2, 0.25) is 0 Å². The van der Waals surface area contributed by atoms with Crippen molar-refractivity contribution in [1.29, 1.82) is 0 Å². The number of hydrogen-bond acceptors (Lipinski definition) is 5. The van der Waals surface area contributed by atoms with Gasteiger partial charge in [-0.1, -0.05) is 46.5 Å². The first-order valence-electron chi connectivity index (χ1n) is 18.6. The molecule has 3 aliphatic rings. The van der Waals surface area contributed by atoms with Gasteiger partial charge in [-0.2, -0.15) is 0 Å². The lowest BCUT2D eigenvalue weighted by atomic mass is 9.74. The Morgan fingerprint density at radius 1 is 0.830 bits per heavy atom. The summed E-state index contributed by atoms with van der Waals surface area (Å²) in [5, 5.41) is 16.5. The summed E-state index contributed by atoms with van der Waals surface area (Å²) < 4.78 is 28.9. The zero-order chi connectivity index (χ0) is 34.3. The predicted octanol–water partition coefficient (Wildman–Crippen LogP) is 5.73. The van der Waals surface area contributed by atoms with Crippen molar-refractivity contribution >= 4 is 17.7 Å². The van der Waals surface area contributed by atoms with Gasteiger partial charge < -0.3 is 15.3 Å². The first-order valence-corrected chi connectivity index (χ1v) is 18.6. The maximum Gasteiger partial charge on any atom is 0.237 e. The van der Waals surface area contributed by atoms with Crippen LogP contribution in [0.5, 0.6) is 0 Å². The Morgan fingerprint density at radius 2 is 1.47 bits per heavy atom. The van der Waals surface area contributed by atoms with Crippen molar-refractivity contribution in [3.63, 3.8) is 0 Å². The molecule has 3 aliphatic carbocycles. The smallest absolute Gasteiger partial charge is 0.237 e. The number of nitrogens with one attached hydrogen (secondary N) is 2. The van der Waals surface area contributed by atoms with Gasteiger partial charge in [0.25, 0.3) is 0 Å². The number of unbranched alkanes of at least 4 members (excludes halogenated alkanes) is 1. The lowest BCUT2D eigenvalue weighted by molar-refractivity contribution is -0.139. The summed E-state index contributed by atoms with van der Waals surface area (Å²) >= 11 is 0. The number of carbonyl (C=O) groups excluding carboxylic acids is 3. The van der Waals surface area contributed by atoms with Crippen molar-refractivity contribution in [1.82, 2.24) is 20.7 Å². The van der Waals surface area contributed by atoms with E-state index in [1.165, 1.54) is 0 Å². The minimum atomic E-state index is -1.26.